The van der Waals surface area contributed by atoms with Crippen LogP contribution in [0.4, 0.5) is 0 Å². The van der Waals surface area contributed by atoms with E-state index >= 15 is 0 Å². The number of rotatable bonds is 4. The Hall–Kier alpha value is -2.23. The maximum atomic E-state index is 10.9. The molecule has 0 saturated heterocycles. The Balaban J connectivity index is 2.11. The summed E-state index contributed by atoms with van der Waals surface area (Å²) in [6.07, 6.45) is 1.56. The molecule has 1 aromatic carbocycles. The average Bonchev–Trinajstić information content (AvgIpc) is 2.37. The molecule has 2 aromatic rings. The summed E-state index contributed by atoms with van der Waals surface area (Å²) >= 11 is 0. The molecule has 1 aromatic heterocycles. The van der Waals surface area contributed by atoms with Crippen LogP contribution in [0.5, 0.6) is 0 Å². The summed E-state index contributed by atoms with van der Waals surface area (Å²) in [5, 5.41) is 8.96. The standard InChI is InChI=1S/C15H16N2O2/c1-10-3-5-12(6-4-10)7-8-13-9-14(15(18)19)17-11(2)16-13/h3-6,9H,7-8H2,1-2H3,(H,18,19). The van der Waals surface area contributed by atoms with Crippen LogP contribution in [0.3, 0.4) is 0 Å². The van der Waals surface area contributed by atoms with Gasteiger partial charge in [0.05, 0.1) is 0 Å². The molecule has 0 atom stereocenters. The van der Waals surface area contributed by atoms with Crippen LogP contribution in [-0.2, 0) is 12.8 Å². The monoisotopic (exact) mass is 256 g/mol. The lowest BCUT2D eigenvalue weighted by Crippen LogP contribution is -2.06. The van der Waals surface area contributed by atoms with Crippen molar-refractivity contribution < 1.29 is 9.90 Å². The summed E-state index contributed by atoms with van der Waals surface area (Å²) in [5.41, 5.74) is 3.28. The number of aryl methyl sites for hydroxylation is 4. The summed E-state index contributed by atoms with van der Waals surface area (Å²) in [6.45, 7) is 3.76. The van der Waals surface area contributed by atoms with Crippen molar-refractivity contribution in [2.24, 2.45) is 0 Å². The molecule has 0 spiro atoms. The van der Waals surface area contributed by atoms with Gasteiger partial charge < -0.3 is 5.11 Å². The molecule has 19 heavy (non-hydrogen) atoms. The molecule has 0 aliphatic rings. The molecule has 4 nitrogen and oxygen atoms in total. The molecule has 0 aliphatic carbocycles. The van der Waals surface area contributed by atoms with Crippen LogP contribution in [0.15, 0.2) is 30.3 Å². The van der Waals surface area contributed by atoms with Crippen LogP contribution in [0, 0.1) is 13.8 Å². The summed E-state index contributed by atoms with van der Waals surface area (Å²) in [4.78, 5) is 19.1. The van der Waals surface area contributed by atoms with E-state index in [9.17, 15) is 4.79 Å². The second-order valence-electron chi connectivity index (χ2n) is 4.58. The van der Waals surface area contributed by atoms with E-state index in [4.69, 9.17) is 5.11 Å². The maximum Gasteiger partial charge on any atom is 0.354 e. The predicted octanol–water partition coefficient (Wildman–Crippen LogP) is 2.58. The highest BCUT2D eigenvalue weighted by atomic mass is 16.4. The molecule has 0 radical (unpaired) electrons. The molecule has 0 fully saturated rings. The van der Waals surface area contributed by atoms with Crippen LogP contribution >= 0.6 is 0 Å². The van der Waals surface area contributed by atoms with Crippen molar-refractivity contribution in [2.45, 2.75) is 26.7 Å². The van der Waals surface area contributed by atoms with Gasteiger partial charge in [0.1, 0.15) is 5.82 Å². The van der Waals surface area contributed by atoms with Gasteiger partial charge >= 0.3 is 5.97 Å². The van der Waals surface area contributed by atoms with Gasteiger partial charge in [-0.15, -0.1) is 0 Å². The molecule has 1 heterocycles. The van der Waals surface area contributed by atoms with Gasteiger partial charge in [-0.1, -0.05) is 29.8 Å². The smallest absolute Gasteiger partial charge is 0.354 e. The molecular formula is C15H16N2O2. The van der Waals surface area contributed by atoms with Crippen molar-refractivity contribution in [1.29, 1.82) is 0 Å². The summed E-state index contributed by atoms with van der Waals surface area (Å²) in [7, 11) is 0. The molecule has 98 valence electrons. The Morgan fingerprint density at radius 2 is 1.79 bits per heavy atom. The zero-order chi connectivity index (χ0) is 13.8. The second kappa shape index (κ2) is 5.61. The number of hydrogen-bond acceptors (Lipinski definition) is 3. The lowest BCUT2D eigenvalue weighted by Gasteiger charge is -2.04. The zero-order valence-electron chi connectivity index (χ0n) is 11.1. The highest BCUT2D eigenvalue weighted by Crippen LogP contribution is 2.09. The Morgan fingerprint density at radius 1 is 1.11 bits per heavy atom. The van der Waals surface area contributed by atoms with E-state index in [1.165, 1.54) is 11.1 Å². The highest BCUT2D eigenvalue weighted by molar-refractivity contribution is 5.85. The Bertz CT molecular complexity index is 592. The van der Waals surface area contributed by atoms with Gasteiger partial charge in [-0.25, -0.2) is 14.8 Å². The number of nitrogens with zero attached hydrogens (tertiary/aromatic N) is 2. The lowest BCUT2D eigenvalue weighted by molar-refractivity contribution is 0.0689. The summed E-state index contributed by atoms with van der Waals surface area (Å²) in [5.74, 6) is -0.513. The van der Waals surface area contributed by atoms with Gasteiger partial charge in [0.15, 0.2) is 5.69 Å². The van der Waals surface area contributed by atoms with E-state index in [-0.39, 0.29) is 5.69 Å². The predicted molar refractivity (Wildman–Crippen MR) is 72.3 cm³/mol. The van der Waals surface area contributed by atoms with Crippen LogP contribution in [0.1, 0.15) is 33.1 Å². The normalized spacial score (nSPS) is 10.4. The fourth-order valence-electron chi connectivity index (χ4n) is 1.89. The number of carboxylic acids is 1. The quantitative estimate of drug-likeness (QED) is 0.913. The number of carboxylic acid groups (broad SMARTS) is 1. The fourth-order valence-corrected chi connectivity index (χ4v) is 1.89. The van der Waals surface area contributed by atoms with Crippen molar-refractivity contribution >= 4 is 5.97 Å². The average molecular weight is 256 g/mol. The Labute approximate surface area is 112 Å². The molecule has 4 heteroatoms. The Kier molecular flexibility index (Phi) is 3.90. The van der Waals surface area contributed by atoms with Crippen molar-refractivity contribution in [1.82, 2.24) is 9.97 Å². The van der Waals surface area contributed by atoms with E-state index in [1.54, 1.807) is 13.0 Å². The van der Waals surface area contributed by atoms with Crippen LogP contribution in [-0.4, -0.2) is 21.0 Å². The van der Waals surface area contributed by atoms with E-state index < -0.39 is 5.97 Å². The largest absolute Gasteiger partial charge is 0.477 e. The topological polar surface area (TPSA) is 63.1 Å². The molecule has 0 aliphatic heterocycles. The van der Waals surface area contributed by atoms with Gasteiger partial charge in [-0.05, 0) is 38.3 Å². The molecule has 0 unspecified atom stereocenters. The lowest BCUT2D eigenvalue weighted by atomic mass is 10.1. The van der Waals surface area contributed by atoms with Crippen LogP contribution in [0.2, 0.25) is 0 Å². The number of aromatic carboxylic acids is 1. The molecule has 0 amide bonds. The van der Waals surface area contributed by atoms with E-state index in [0.717, 1.165) is 12.1 Å². The van der Waals surface area contributed by atoms with Gasteiger partial charge in [0.2, 0.25) is 0 Å². The first-order chi connectivity index (χ1) is 9.04. The fraction of sp³-hybridized carbons (Fsp3) is 0.267. The number of benzene rings is 1. The van der Waals surface area contributed by atoms with Crippen molar-refractivity contribution in [3.8, 4) is 0 Å². The van der Waals surface area contributed by atoms with Gasteiger partial charge in [0.25, 0.3) is 0 Å². The minimum atomic E-state index is -1.01. The molecule has 2 rings (SSSR count). The van der Waals surface area contributed by atoms with E-state index in [1.807, 2.05) is 0 Å². The van der Waals surface area contributed by atoms with E-state index in [2.05, 4.69) is 41.2 Å². The number of carbonyl (C=O) groups is 1. The van der Waals surface area contributed by atoms with Crippen LogP contribution in [0.25, 0.3) is 0 Å². The Morgan fingerprint density at radius 3 is 2.42 bits per heavy atom. The first-order valence-electron chi connectivity index (χ1n) is 6.18. The summed E-state index contributed by atoms with van der Waals surface area (Å²) < 4.78 is 0. The van der Waals surface area contributed by atoms with Crippen LogP contribution < -0.4 is 0 Å². The first-order valence-corrected chi connectivity index (χ1v) is 6.18. The zero-order valence-corrected chi connectivity index (χ0v) is 11.1. The van der Waals surface area contributed by atoms with Crippen molar-refractivity contribution in [3.63, 3.8) is 0 Å². The summed E-state index contributed by atoms with van der Waals surface area (Å²) in [6, 6.07) is 9.86. The second-order valence-corrected chi connectivity index (χ2v) is 4.58. The van der Waals surface area contributed by atoms with Gasteiger partial charge in [-0.3, -0.25) is 0 Å². The molecule has 0 saturated carbocycles. The number of aromatic nitrogens is 2. The maximum absolute atomic E-state index is 10.9. The molecule has 0 bridgehead atoms. The third-order valence-electron chi connectivity index (χ3n) is 2.90. The van der Waals surface area contributed by atoms with Crippen molar-refractivity contribution in [2.75, 3.05) is 0 Å². The minimum Gasteiger partial charge on any atom is -0.477 e. The molecule has 1 N–H and O–H groups in total. The number of hydrogen-bond donors (Lipinski definition) is 1. The SMILES string of the molecule is Cc1ccc(CCc2cc(C(=O)O)nc(C)n2)cc1. The highest BCUT2D eigenvalue weighted by Gasteiger charge is 2.08. The third-order valence-corrected chi connectivity index (χ3v) is 2.90. The van der Waals surface area contributed by atoms with Crippen molar-refractivity contribution in [3.05, 3.63) is 58.7 Å². The van der Waals surface area contributed by atoms with E-state index in [0.29, 0.717) is 12.2 Å². The molecular weight excluding hydrogens is 240 g/mol. The first kappa shape index (κ1) is 13.2. The van der Waals surface area contributed by atoms with Gasteiger partial charge in [-0.2, -0.15) is 0 Å². The third kappa shape index (κ3) is 3.61. The minimum absolute atomic E-state index is 0.0615. The van der Waals surface area contributed by atoms with Gasteiger partial charge in [0, 0.05) is 5.69 Å².